The van der Waals surface area contributed by atoms with E-state index in [0.717, 1.165) is 21.8 Å². The van der Waals surface area contributed by atoms with Gasteiger partial charge in [0.2, 0.25) is 0 Å². The van der Waals surface area contributed by atoms with Gasteiger partial charge in [0, 0.05) is 22.4 Å². The maximum Gasteiger partial charge on any atom is 0.260 e. The van der Waals surface area contributed by atoms with E-state index in [1.165, 1.54) is 16.9 Å². The number of hydrogen-bond donors (Lipinski definition) is 2. The van der Waals surface area contributed by atoms with E-state index in [2.05, 4.69) is 41.5 Å². The van der Waals surface area contributed by atoms with Gasteiger partial charge in [-0.2, -0.15) is 0 Å². The number of benzene rings is 1. The molecule has 1 aromatic carbocycles. The van der Waals surface area contributed by atoms with Crippen molar-refractivity contribution >= 4 is 32.9 Å². The summed E-state index contributed by atoms with van der Waals surface area (Å²) in [5.74, 6) is 1.07. The standard InChI is InChI=1S/C21H21N3OS2/c1-13(15-7-4-3-5-8-15)11-22-14(2)19-23-20(25)18-16(12-27-21(18)24-19)17-9-6-10-26-17/h3-10,12-14,22H,11H2,1-2H3,(H,23,24,25)/t13-,14-/m1/s1. The van der Waals surface area contributed by atoms with Crippen molar-refractivity contribution in [3.05, 3.63) is 75.0 Å². The molecule has 0 fully saturated rings. The van der Waals surface area contributed by atoms with Crippen molar-refractivity contribution in [2.75, 3.05) is 6.54 Å². The Morgan fingerprint density at radius 1 is 1.11 bits per heavy atom. The molecule has 0 aliphatic heterocycles. The topological polar surface area (TPSA) is 57.8 Å². The first kappa shape index (κ1) is 18.1. The zero-order chi connectivity index (χ0) is 18.8. The van der Waals surface area contributed by atoms with Crippen LogP contribution in [-0.4, -0.2) is 16.5 Å². The largest absolute Gasteiger partial charge is 0.309 e. The Labute approximate surface area is 165 Å². The molecule has 2 atom stereocenters. The van der Waals surface area contributed by atoms with Gasteiger partial charge in [-0.1, -0.05) is 43.3 Å². The smallest absolute Gasteiger partial charge is 0.260 e. The highest BCUT2D eigenvalue weighted by atomic mass is 32.1. The van der Waals surface area contributed by atoms with Crippen LogP contribution in [0.2, 0.25) is 0 Å². The summed E-state index contributed by atoms with van der Waals surface area (Å²) in [6, 6.07) is 14.4. The lowest BCUT2D eigenvalue weighted by molar-refractivity contribution is 0.517. The third kappa shape index (κ3) is 3.74. The van der Waals surface area contributed by atoms with Crippen LogP contribution in [0, 0.1) is 0 Å². The molecule has 0 amide bonds. The molecular formula is C21H21N3OS2. The van der Waals surface area contributed by atoms with E-state index < -0.39 is 0 Å². The molecule has 0 unspecified atom stereocenters. The first-order chi connectivity index (χ1) is 13.1. The van der Waals surface area contributed by atoms with Gasteiger partial charge in [-0.05, 0) is 29.9 Å². The van der Waals surface area contributed by atoms with Crippen LogP contribution in [0.1, 0.15) is 37.2 Å². The average molecular weight is 396 g/mol. The second-order valence-corrected chi connectivity index (χ2v) is 8.51. The van der Waals surface area contributed by atoms with Gasteiger partial charge < -0.3 is 10.3 Å². The summed E-state index contributed by atoms with van der Waals surface area (Å²) < 4.78 is 0. The second kappa shape index (κ2) is 7.76. The Balaban J connectivity index is 1.54. The van der Waals surface area contributed by atoms with E-state index >= 15 is 0 Å². The maximum absolute atomic E-state index is 12.7. The van der Waals surface area contributed by atoms with Crippen LogP contribution in [0.15, 0.2) is 58.0 Å². The van der Waals surface area contributed by atoms with Crippen LogP contribution in [0.3, 0.4) is 0 Å². The van der Waals surface area contributed by atoms with Gasteiger partial charge in [0.1, 0.15) is 10.7 Å². The van der Waals surface area contributed by atoms with Crippen molar-refractivity contribution in [3.63, 3.8) is 0 Å². The van der Waals surface area contributed by atoms with Gasteiger partial charge >= 0.3 is 0 Å². The number of hydrogen-bond acceptors (Lipinski definition) is 5. The van der Waals surface area contributed by atoms with Crippen LogP contribution < -0.4 is 10.9 Å². The minimum Gasteiger partial charge on any atom is -0.309 e. The van der Waals surface area contributed by atoms with Gasteiger partial charge in [0.15, 0.2) is 0 Å². The Kier molecular flexibility index (Phi) is 5.20. The molecule has 2 N–H and O–H groups in total. The third-order valence-electron chi connectivity index (χ3n) is 4.76. The first-order valence-corrected chi connectivity index (χ1v) is 10.7. The lowest BCUT2D eigenvalue weighted by atomic mass is 10.0. The number of nitrogens with zero attached hydrogens (tertiary/aromatic N) is 1. The minimum atomic E-state index is -0.0654. The quantitative estimate of drug-likeness (QED) is 0.474. The lowest BCUT2D eigenvalue weighted by Gasteiger charge is -2.17. The highest BCUT2D eigenvalue weighted by Gasteiger charge is 2.16. The Morgan fingerprint density at radius 3 is 2.67 bits per heavy atom. The SMILES string of the molecule is C[C@H](CN[C@H](C)c1nc2scc(-c3cccs3)c2c(=O)[nH]1)c1ccccc1. The Morgan fingerprint density at radius 2 is 1.93 bits per heavy atom. The first-order valence-electron chi connectivity index (χ1n) is 8.97. The van der Waals surface area contributed by atoms with Crippen LogP contribution in [0.4, 0.5) is 0 Å². The summed E-state index contributed by atoms with van der Waals surface area (Å²) in [5.41, 5.74) is 2.21. The zero-order valence-corrected chi connectivity index (χ0v) is 16.9. The van der Waals surface area contributed by atoms with Crippen LogP contribution >= 0.6 is 22.7 Å². The van der Waals surface area contributed by atoms with E-state index in [1.54, 1.807) is 11.3 Å². The molecule has 0 saturated heterocycles. The van der Waals surface area contributed by atoms with E-state index in [-0.39, 0.29) is 11.6 Å². The summed E-state index contributed by atoms with van der Waals surface area (Å²) >= 11 is 3.16. The van der Waals surface area contributed by atoms with Crippen molar-refractivity contribution in [1.82, 2.24) is 15.3 Å². The van der Waals surface area contributed by atoms with Crippen LogP contribution in [-0.2, 0) is 0 Å². The van der Waals surface area contributed by atoms with Crippen molar-refractivity contribution in [2.24, 2.45) is 0 Å². The van der Waals surface area contributed by atoms with Crippen molar-refractivity contribution in [2.45, 2.75) is 25.8 Å². The van der Waals surface area contributed by atoms with Crippen LogP contribution in [0.5, 0.6) is 0 Å². The normalized spacial score (nSPS) is 13.7. The molecule has 0 spiro atoms. The molecule has 0 aliphatic carbocycles. The van der Waals surface area contributed by atoms with E-state index in [0.29, 0.717) is 17.1 Å². The molecular weight excluding hydrogens is 374 g/mol. The summed E-state index contributed by atoms with van der Waals surface area (Å²) in [6.07, 6.45) is 0. The fourth-order valence-electron chi connectivity index (χ4n) is 3.13. The van der Waals surface area contributed by atoms with Gasteiger partial charge in [-0.15, -0.1) is 22.7 Å². The molecule has 4 nitrogen and oxygen atoms in total. The number of H-pyrrole nitrogens is 1. The minimum absolute atomic E-state index is 0.0273. The molecule has 0 bridgehead atoms. The molecule has 6 heteroatoms. The molecule has 4 aromatic rings. The van der Waals surface area contributed by atoms with E-state index in [4.69, 9.17) is 4.98 Å². The molecule has 4 rings (SSSR count). The summed E-state index contributed by atoms with van der Waals surface area (Å²) in [5, 5.41) is 8.24. The highest BCUT2D eigenvalue weighted by Crippen LogP contribution is 2.33. The third-order valence-corrected chi connectivity index (χ3v) is 6.53. The predicted octanol–water partition coefficient (Wildman–Crippen LogP) is 5.17. The zero-order valence-electron chi connectivity index (χ0n) is 15.2. The summed E-state index contributed by atoms with van der Waals surface area (Å²) in [4.78, 5) is 22.3. The highest BCUT2D eigenvalue weighted by molar-refractivity contribution is 7.18. The molecule has 0 saturated carbocycles. The second-order valence-electron chi connectivity index (χ2n) is 6.70. The molecule has 3 heterocycles. The number of nitrogens with one attached hydrogen (secondary N) is 2. The van der Waals surface area contributed by atoms with Crippen LogP contribution in [0.25, 0.3) is 20.7 Å². The van der Waals surface area contributed by atoms with Gasteiger partial charge in [-0.25, -0.2) is 4.98 Å². The fourth-order valence-corrected chi connectivity index (χ4v) is 4.90. The van der Waals surface area contributed by atoms with Gasteiger partial charge in [-0.3, -0.25) is 4.79 Å². The maximum atomic E-state index is 12.7. The van der Waals surface area contributed by atoms with Crippen molar-refractivity contribution in [3.8, 4) is 10.4 Å². The Hall–Kier alpha value is -2.28. The van der Waals surface area contributed by atoms with Gasteiger partial charge in [0.05, 0.1) is 11.4 Å². The summed E-state index contributed by atoms with van der Waals surface area (Å²) in [7, 11) is 0. The molecule has 0 aliphatic rings. The molecule has 138 valence electrons. The number of aromatic nitrogens is 2. The van der Waals surface area contributed by atoms with E-state index in [1.807, 2.05) is 35.9 Å². The van der Waals surface area contributed by atoms with Gasteiger partial charge in [0.25, 0.3) is 5.56 Å². The summed E-state index contributed by atoms with van der Waals surface area (Å²) in [6.45, 7) is 5.05. The molecule has 3 aromatic heterocycles. The lowest BCUT2D eigenvalue weighted by Crippen LogP contribution is -2.26. The van der Waals surface area contributed by atoms with Crippen molar-refractivity contribution < 1.29 is 0 Å². The number of aromatic amines is 1. The molecule has 27 heavy (non-hydrogen) atoms. The number of thiophene rings is 2. The molecule has 0 radical (unpaired) electrons. The number of rotatable bonds is 6. The predicted molar refractivity (Wildman–Crippen MR) is 115 cm³/mol. The Bertz CT molecular complexity index is 1080. The average Bonchev–Trinajstić information content (AvgIpc) is 3.36. The number of fused-ring (bicyclic) bond motifs is 1. The monoisotopic (exact) mass is 395 g/mol. The fraction of sp³-hybridized carbons (Fsp3) is 0.238. The van der Waals surface area contributed by atoms with Crippen molar-refractivity contribution in [1.29, 1.82) is 0 Å². The van der Waals surface area contributed by atoms with E-state index in [9.17, 15) is 4.79 Å².